The second-order valence-corrected chi connectivity index (χ2v) is 6.81. The van der Waals surface area contributed by atoms with Crippen molar-refractivity contribution < 1.29 is 47.1 Å². The molecule has 0 bridgehead atoms. The third-order valence-electron chi connectivity index (χ3n) is 5.40. The van der Waals surface area contributed by atoms with Crippen molar-refractivity contribution in [3.8, 4) is 0 Å². The third kappa shape index (κ3) is 5.64. The molecule has 0 fully saturated rings. The van der Waals surface area contributed by atoms with Gasteiger partial charge in [-0.2, -0.15) is 0 Å². The topological polar surface area (TPSA) is 80.3 Å². The van der Waals surface area contributed by atoms with Crippen LogP contribution in [0.4, 0.5) is 0 Å². The second kappa shape index (κ2) is 10.0. The molecule has 27 heavy (non-hydrogen) atoms. The van der Waals surface area contributed by atoms with Gasteiger partial charge in [-0.3, -0.25) is 0 Å². The number of carboxylic acid groups (broad SMARTS) is 2. The number of aryl methyl sites for hydroxylation is 2. The van der Waals surface area contributed by atoms with Crippen LogP contribution < -0.4 is 10.2 Å². The first-order valence-corrected chi connectivity index (χ1v) is 8.47. The van der Waals surface area contributed by atoms with Crippen LogP contribution in [0.5, 0.6) is 0 Å². The summed E-state index contributed by atoms with van der Waals surface area (Å²) < 4.78 is 0. The Labute approximate surface area is 181 Å². The fraction of sp³-hybridized carbons (Fsp3) is 0.364. The normalized spacial score (nSPS) is 9.78. The Morgan fingerprint density at radius 3 is 1.04 bits per heavy atom. The maximum atomic E-state index is 10.7. The molecule has 0 atom stereocenters. The van der Waals surface area contributed by atoms with Gasteiger partial charge in [-0.15, -0.1) is 0 Å². The largest absolute Gasteiger partial charge is 2.00 e. The first kappa shape index (κ1) is 25.3. The van der Waals surface area contributed by atoms with Crippen molar-refractivity contribution in [2.24, 2.45) is 0 Å². The number of carbonyl (C=O) groups excluding carboxylic acids is 2. The molecule has 140 valence electrons. The van der Waals surface area contributed by atoms with Gasteiger partial charge in [-0.05, 0) is 112 Å². The average molecular weight is 467 g/mol. The number of carboxylic acids is 2. The van der Waals surface area contributed by atoms with Crippen LogP contribution in [0, 0.1) is 55.4 Å². The monoisotopic (exact) mass is 468 g/mol. The smallest absolute Gasteiger partial charge is 0.545 e. The third-order valence-corrected chi connectivity index (χ3v) is 5.40. The Bertz CT molecular complexity index is 809. The van der Waals surface area contributed by atoms with Crippen LogP contribution >= 0.6 is 0 Å². The van der Waals surface area contributed by atoms with Gasteiger partial charge in [0.25, 0.3) is 0 Å². The van der Waals surface area contributed by atoms with E-state index in [2.05, 4.69) is 0 Å². The zero-order chi connectivity index (χ0) is 20.3. The minimum absolute atomic E-state index is 0. The molecule has 0 N–H and O–H groups in total. The van der Waals surface area contributed by atoms with E-state index < -0.39 is 11.9 Å². The van der Waals surface area contributed by atoms with Crippen LogP contribution in [0.25, 0.3) is 0 Å². The number of hydrogen-bond acceptors (Lipinski definition) is 4. The van der Waals surface area contributed by atoms with Gasteiger partial charge in [-0.25, -0.2) is 0 Å². The molecule has 0 heterocycles. The van der Waals surface area contributed by atoms with Gasteiger partial charge >= 0.3 is 27.3 Å². The van der Waals surface area contributed by atoms with Gasteiger partial charge < -0.3 is 19.8 Å². The summed E-state index contributed by atoms with van der Waals surface area (Å²) in [5.41, 5.74) is 8.63. The van der Waals surface area contributed by atoms with Crippen molar-refractivity contribution in [3.63, 3.8) is 0 Å². The van der Waals surface area contributed by atoms with Gasteiger partial charge in [0.05, 0.1) is 11.9 Å². The molecule has 0 saturated heterocycles. The van der Waals surface area contributed by atoms with Crippen LogP contribution in [-0.2, 0) is 27.3 Å². The number of rotatable bonds is 2. The van der Waals surface area contributed by atoms with Gasteiger partial charge in [0, 0.05) is 11.1 Å². The Hall–Kier alpha value is -1.70. The van der Waals surface area contributed by atoms with E-state index in [-0.39, 0.29) is 27.3 Å². The summed E-state index contributed by atoms with van der Waals surface area (Å²) in [5.74, 6) is -2.19. The molecule has 4 nitrogen and oxygen atoms in total. The minimum Gasteiger partial charge on any atom is -0.545 e. The molecular formula is C22H26CdO4. The van der Waals surface area contributed by atoms with Crippen LogP contribution in [0.1, 0.15) is 65.2 Å². The standard InChI is InChI=1S/2C11H14O2.Cd/c2*1-6-5-10(11(12)13)9(4)8(3)7(6)2;/h2*5H,1-4H3,(H,12,13);/q;;+2/p-2. The van der Waals surface area contributed by atoms with Gasteiger partial charge in [-0.1, -0.05) is 0 Å². The van der Waals surface area contributed by atoms with Crippen molar-refractivity contribution in [1.29, 1.82) is 0 Å². The summed E-state index contributed by atoms with van der Waals surface area (Å²) in [4.78, 5) is 21.5. The summed E-state index contributed by atoms with van der Waals surface area (Å²) in [7, 11) is 0. The number of benzene rings is 2. The first-order chi connectivity index (χ1) is 11.9. The van der Waals surface area contributed by atoms with Crippen molar-refractivity contribution in [3.05, 3.63) is 67.8 Å². The molecule has 0 radical (unpaired) electrons. The average Bonchev–Trinajstić information content (AvgIpc) is 2.57. The van der Waals surface area contributed by atoms with E-state index in [4.69, 9.17) is 0 Å². The molecule has 2 aromatic rings. The van der Waals surface area contributed by atoms with Crippen molar-refractivity contribution >= 4 is 11.9 Å². The molecule has 2 rings (SSSR count). The molecule has 0 aromatic heterocycles. The summed E-state index contributed by atoms with van der Waals surface area (Å²) in [6.07, 6.45) is 0. The van der Waals surface area contributed by atoms with E-state index in [9.17, 15) is 19.8 Å². The van der Waals surface area contributed by atoms with Gasteiger partial charge in [0.1, 0.15) is 0 Å². The van der Waals surface area contributed by atoms with Crippen LogP contribution in [0.15, 0.2) is 12.1 Å². The minimum atomic E-state index is -1.09. The summed E-state index contributed by atoms with van der Waals surface area (Å²) in [6, 6.07) is 3.35. The number of carbonyl (C=O) groups is 2. The van der Waals surface area contributed by atoms with Crippen LogP contribution in [0.3, 0.4) is 0 Å². The Balaban J connectivity index is 0.000000483. The molecule has 0 aliphatic rings. The number of aromatic carboxylic acids is 2. The summed E-state index contributed by atoms with van der Waals surface area (Å²) in [5, 5.41) is 21.5. The molecule has 5 heteroatoms. The molecule has 0 aliphatic carbocycles. The molecule has 0 amide bonds. The van der Waals surface area contributed by atoms with E-state index in [0.717, 1.165) is 44.5 Å². The van der Waals surface area contributed by atoms with E-state index in [1.807, 2.05) is 55.4 Å². The van der Waals surface area contributed by atoms with Gasteiger partial charge in [0.2, 0.25) is 0 Å². The fourth-order valence-electron chi connectivity index (χ4n) is 2.85. The summed E-state index contributed by atoms with van der Waals surface area (Å²) >= 11 is 0. The van der Waals surface area contributed by atoms with E-state index in [1.54, 1.807) is 12.1 Å². The van der Waals surface area contributed by atoms with Gasteiger partial charge in [0.15, 0.2) is 0 Å². The summed E-state index contributed by atoms with van der Waals surface area (Å²) in [6.45, 7) is 15.3. The van der Waals surface area contributed by atoms with E-state index >= 15 is 0 Å². The predicted octanol–water partition coefficient (Wildman–Crippen LogP) is 2.57. The maximum Gasteiger partial charge on any atom is 2.00 e. The van der Waals surface area contributed by atoms with E-state index in [0.29, 0.717) is 11.1 Å². The quantitative estimate of drug-likeness (QED) is 0.637. The fourth-order valence-corrected chi connectivity index (χ4v) is 2.85. The van der Waals surface area contributed by atoms with Crippen LogP contribution in [-0.4, -0.2) is 11.9 Å². The molecule has 0 spiro atoms. The molecule has 0 aliphatic heterocycles. The zero-order valence-corrected chi connectivity index (χ0v) is 21.5. The molecule has 2 aromatic carbocycles. The molecular weight excluding hydrogens is 441 g/mol. The maximum absolute atomic E-state index is 10.7. The Morgan fingerprint density at radius 2 is 0.815 bits per heavy atom. The second-order valence-electron chi connectivity index (χ2n) is 6.81. The first-order valence-electron chi connectivity index (χ1n) is 8.47. The van der Waals surface area contributed by atoms with Crippen molar-refractivity contribution in [2.75, 3.05) is 0 Å². The SMILES string of the molecule is Cc1cc(C(=O)[O-])c(C)c(C)c1C.Cc1cc(C(=O)[O-])c(C)c(C)c1C.[Cd+2]. The van der Waals surface area contributed by atoms with Crippen molar-refractivity contribution in [1.82, 2.24) is 0 Å². The molecule has 0 unspecified atom stereocenters. The predicted molar refractivity (Wildman–Crippen MR) is 99.4 cm³/mol. The molecule has 0 saturated carbocycles. The Morgan fingerprint density at radius 1 is 0.556 bits per heavy atom. The van der Waals surface area contributed by atoms with E-state index in [1.165, 1.54) is 0 Å². The van der Waals surface area contributed by atoms with Crippen LogP contribution in [0.2, 0.25) is 0 Å². The zero-order valence-electron chi connectivity index (χ0n) is 17.5. The number of hydrogen-bond donors (Lipinski definition) is 0. The Kier molecular flexibility index (Phi) is 9.38. The van der Waals surface area contributed by atoms with Crippen molar-refractivity contribution in [2.45, 2.75) is 55.4 Å².